The molecule has 1 aliphatic heterocycles. The summed E-state index contributed by atoms with van der Waals surface area (Å²) in [5.41, 5.74) is 2.32. The first-order valence-corrected chi connectivity index (χ1v) is 8.14. The molecule has 6 heteroatoms. The Kier molecular flexibility index (Phi) is 3.53. The Labute approximate surface area is 143 Å². The van der Waals surface area contributed by atoms with E-state index >= 15 is 0 Å². The molecule has 0 saturated carbocycles. The highest BCUT2D eigenvalue weighted by Gasteiger charge is 2.45. The van der Waals surface area contributed by atoms with Gasteiger partial charge in [-0.1, -0.05) is 30.4 Å². The minimum Gasteiger partial charge on any atom is -0.480 e. The maximum absolute atomic E-state index is 12.6. The number of benzene rings is 1. The van der Waals surface area contributed by atoms with E-state index < -0.39 is 23.8 Å². The summed E-state index contributed by atoms with van der Waals surface area (Å²) in [5.74, 6) is -2.21. The van der Waals surface area contributed by atoms with Crippen molar-refractivity contribution in [3.05, 3.63) is 59.3 Å². The average molecular weight is 336 g/mol. The number of likely N-dealkylation sites (tertiary alicyclic amines) is 1. The largest absolute Gasteiger partial charge is 0.480 e. The number of carbonyl (C=O) groups is 3. The molecule has 1 saturated heterocycles. The van der Waals surface area contributed by atoms with Crippen LogP contribution in [-0.2, 0) is 20.8 Å². The van der Waals surface area contributed by atoms with Crippen molar-refractivity contribution in [3.63, 3.8) is 0 Å². The molecule has 0 spiro atoms. The van der Waals surface area contributed by atoms with E-state index in [9.17, 15) is 19.5 Å². The van der Waals surface area contributed by atoms with Crippen LogP contribution in [0.3, 0.4) is 0 Å². The number of amides is 2. The number of H-pyrrole nitrogens is 1. The Hall–Kier alpha value is -3.15. The van der Waals surface area contributed by atoms with Gasteiger partial charge in [-0.05, 0) is 24.5 Å². The van der Waals surface area contributed by atoms with Crippen LogP contribution >= 0.6 is 0 Å². The van der Waals surface area contributed by atoms with Crippen molar-refractivity contribution < 1.29 is 19.5 Å². The molecule has 0 unspecified atom stereocenters. The molecule has 0 bridgehead atoms. The number of imide groups is 1. The van der Waals surface area contributed by atoms with Crippen molar-refractivity contribution in [1.29, 1.82) is 0 Å². The number of carboxylic acid groups (broad SMARTS) is 1. The fourth-order valence-electron chi connectivity index (χ4n) is 3.51. The number of aliphatic carboxylic acids is 1. The third-order valence-electron chi connectivity index (χ3n) is 4.74. The zero-order valence-corrected chi connectivity index (χ0v) is 13.4. The minimum absolute atomic E-state index is 0.0669. The number of nitrogens with one attached hydrogen (secondary N) is 1. The van der Waals surface area contributed by atoms with Crippen LogP contribution in [0.2, 0.25) is 0 Å². The summed E-state index contributed by atoms with van der Waals surface area (Å²) in [6.07, 6.45) is 6.62. The number of fused-ring (bicyclic) bond motifs is 2. The van der Waals surface area contributed by atoms with E-state index in [1.807, 2.05) is 24.3 Å². The monoisotopic (exact) mass is 336 g/mol. The Balaban J connectivity index is 1.72. The molecule has 2 aliphatic rings. The van der Waals surface area contributed by atoms with Crippen LogP contribution in [-0.4, -0.2) is 38.8 Å². The molecule has 0 radical (unpaired) electrons. The van der Waals surface area contributed by atoms with Gasteiger partial charge in [0.05, 0.1) is 0 Å². The van der Waals surface area contributed by atoms with Gasteiger partial charge in [-0.2, -0.15) is 0 Å². The van der Waals surface area contributed by atoms with E-state index in [2.05, 4.69) is 4.98 Å². The van der Waals surface area contributed by atoms with Crippen molar-refractivity contribution in [2.45, 2.75) is 25.3 Å². The summed E-state index contributed by atoms with van der Waals surface area (Å²) >= 11 is 0. The number of carbonyl (C=O) groups excluding carboxylic acids is 2. The van der Waals surface area contributed by atoms with Crippen LogP contribution in [0.5, 0.6) is 0 Å². The summed E-state index contributed by atoms with van der Waals surface area (Å²) < 4.78 is 0. The average Bonchev–Trinajstić information content (AvgIpc) is 3.13. The van der Waals surface area contributed by atoms with E-state index in [0.717, 1.165) is 21.4 Å². The molecule has 1 aromatic heterocycles. The van der Waals surface area contributed by atoms with Gasteiger partial charge in [-0.25, -0.2) is 4.79 Å². The predicted molar refractivity (Wildman–Crippen MR) is 90.7 cm³/mol. The highest BCUT2D eigenvalue weighted by molar-refractivity contribution is 6.25. The van der Waals surface area contributed by atoms with E-state index in [0.29, 0.717) is 24.0 Å². The first-order chi connectivity index (χ1) is 12.1. The summed E-state index contributed by atoms with van der Waals surface area (Å²) in [6, 6.07) is 6.30. The third-order valence-corrected chi connectivity index (χ3v) is 4.74. The number of aromatic amines is 1. The minimum atomic E-state index is -1.23. The molecule has 6 nitrogen and oxygen atoms in total. The molecule has 2 aromatic rings. The molecule has 2 heterocycles. The summed E-state index contributed by atoms with van der Waals surface area (Å²) in [4.78, 5) is 41.1. The summed E-state index contributed by atoms with van der Waals surface area (Å²) in [6.45, 7) is 0. The number of nitrogens with zero attached hydrogens (tertiary/aromatic N) is 1. The van der Waals surface area contributed by atoms with Crippen LogP contribution in [0.25, 0.3) is 10.9 Å². The lowest BCUT2D eigenvalue weighted by molar-refractivity contribution is -0.153. The van der Waals surface area contributed by atoms with Crippen LogP contribution in [0.4, 0.5) is 0 Å². The summed E-state index contributed by atoms with van der Waals surface area (Å²) in [7, 11) is 0. The molecule has 25 heavy (non-hydrogen) atoms. The topological polar surface area (TPSA) is 90.5 Å². The number of rotatable bonds is 4. The van der Waals surface area contributed by atoms with Crippen molar-refractivity contribution in [2.75, 3.05) is 0 Å². The highest BCUT2D eigenvalue weighted by Crippen LogP contribution is 2.32. The Morgan fingerprint density at radius 1 is 1.12 bits per heavy atom. The van der Waals surface area contributed by atoms with Gasteiger partial charge in [0.2, 0.25) is 0 Å². The number of allylic oxidation sites excluding steroid dienone is 2. The maximum Gasteiger partial charge on any atom is 0.327 e. The van der Waals surface area contributed by atoms with Gasteiger partial charge in [0.15, 0.2) is 0 Å². The second kappa shape index (κ2) is 5.73. The lowest BCUT2D eigenvalue weighted by Crippen LogP contribution is -2.46. The van der Waals surface area contributed by atoms with Crippen molar-refractivity contribution in [1.82, 2.24) is 9.88 Å². The Bertz CT molecular complexity index is 935. The number of para-hydroxylation sites is 1. The van der Waals surface area contributed by atoms with Gasteiger partial charge in [-0.15, -0.1) is 0 Å². The van der Waals surface area contributed by atoms with Crippen LogP contribution < -0.4 is 0 Å². The molecule has 1 atom stereocenters. The van der Waals surface area contributed by atoms with Crippen molar-refractivity contribution in [2.24, 2.45) is 0 Å². The smallest absolute Gasteiger partial charge is 0.327 e. The Morgan fingerprint density at radius 2 is 1.76 bits per heavy atom. The molecule has 1 aliphatic carbocycles. The zero-order chi connectivity index (χ0) is 17.6. The van der Waals surface area contributed by atoms with Crippen LogP contribution in [0.1, 0.15) is 18.4 Å². The third kappa shape index (κ3) is 2.38. The fraction of sp³-hybridized carbons (Fsp3) is 0.211. The molecule has 1 fully saturated rings. The first kappa shape index (κ1) is 15.4. The molecule has 126 valence electrons. The quantitative estimate of drug-likeness (QED) is 0.837. The van der Waals surface area contributed by atoms with Gasteiger partial charge >= 0.3 is 5.97 Å². The second-order valence-corrected chi connectivity index (χ2v) is 6.21. The molecule has 2 N–H and O–H groups in total. The number of hydrogen-bond acceptors (Lipinski definition) is 3. The van der Waals surface area contributed by atoms with E-state index in [-0.39, 0.29) is 6.42 Å². The molecule has 2 amide bonds. The van der Waals surface area contributed by atoms with Gasteiger partial charge in [0.1, 0.15) is 6.04 Å². The van der Waals surface area contributed by atoms with E-state index in [1.165, 1.54) is 0 Å². The lowest BCUT2D eigenvalue weighted by Gasteiger charge is -2.21. The van der Waals surface area contributed by atoms with Gasteiger partial charge in [0.25, 0.3) is 11.8 Å². The summed E-state index contributed by atoms with van der Waals surface area (Å²) in [5, 5.41) is 10.6. The number of hydrogen-bond donors (Lipinski definition) is 2. The molecular formula is C19H16N2O4. The lowest BCUT2D eigenvalue weighted by atomic mass is 10.0. The Morgan fingerprint density at radius 3 is 2.40 bits per heavy atom. The maximum atomic E-state index is 12.6. The van der Waals surface area contributed by atoms with Crippen LogP contribution in [0, 0.1) is 0 Å². The van der Waals surface area contributed by atoms with E-state index in [1.54, 1.807) is 18.3 Å². The van der Waals surface area contributed by atoms with Crippen molar-refractivity contribution in [3.8, 4) is 0 Å². The SMILES string of the molecule is O=C(O)[C@@H](Cc1c[nH]c2ccccc12)N1C(=O)C2=CCCC=C2C1=O. The fourth-order valence-corrected chi connectivity index (χ4v) is 3.51. The van der Waals surface area contributed by atoms with E-state index in [4.69, 9.17) is 0 Å². The van der Waals surface area contributed by atoms with Gasteiger partial charge in [-0.3, -0.25) is 14.5 Å². The van der Waals surface area contributed by atoms with Gasteiger partial charge in [0, 0.05) is 34.7 Å². The second-order valence-electron chi connectivity index (χ2n) is 6.21. The molecule has 1 aromatic carbocycles. The predicted octanol–water partition coefficient (Wildman–Crippen LogP) is 2.18. The first-order valence-electron chi connectivity index (χ1n) is 8.14. The highest BCUT2D eigenvalue weighted by atomic mass is 16.4. The molecular weight excluding hydrogens is 320 g/mol. The van der Waals surface area contributed by atoms with Crippen LogP contribution in [0.15, 0.2) is 53.8 Å². The molecule has 4 rings (SSSR count). The normalized spacial score (nSPS) is 18.2. The standard InChI is InChI=1S/C19H16N2O4/c22-17-13-6-1-2-7-14(13)18(23)21(17)16(19(24)25)9-11-10-20-15-8-4-3-5-12(11)15/h3-8,10,16,20H,1-2,9H2,(H,24,25)/t16-/m1/s1. The number of aromatic nitrogens is 1. The number of carboxylic acids is 1. The van der Waals surface area contributed by atoms with Gasteiger partial charge < -0.3 is 10.1 Å². The zero-order valence-electron chi connectivity index (χ0n) is 13.4. The van der Waals surface area contributed by atoms with Crippen molar-refractivity contribution >= 4 is 28.7 Å².